The van der Waals surface area contributed by atoms with E-state index < -0.39 is 51.8 Å². The minimum absolute atomic E-state index is 0.168. The molecule has 0 aromatic heterocycles. The summed E-state index contributed by atoms with van der Waals surface area (Å²) in [6.45, 7) is 2.35. The monoisotopic (exact) mass is 829 g/mol. The summed E-state index contributed by atoms with van der Waals surface area (Å²) in [4.78, 5) is 35.0. The number of hydrogen-bond donors (Lipinski definition) is 3. The Balaban J connectivity index is 4.28. The predicted octanol–water partition coefficient (Wildman–Crippen LogP) is 12.3. The SMILES string of the molecule is CCCCCC/C=C\C/C=C\CCCCCCCC(=O)OC(COC(=O)CCCCCCCCC/C=C\CCCCCCCCC)COP(=O)(O)OCC(O)CO. The van der Waals surface area contributed by atoms with Gasteiger partial charge in [-0.3, -0.25) is 18.6 Å². The van der Waals surface area contributed by atoms with Crippen LogP contribution in [0.15, 0.2) is 36.5 Å². The zero-order valence-electron chi connectivity index (χ0n) is 36.3. The van der Waals surface area contributed by atoms with Gasteiger partial charge in [-0.25, -0.2) is 4.57 Å². The normalized spacial score (nSPS) is 14.1. The molecule has 0 aliphatic heterocycles. The van der Waals surface area contributed by atoms with Crippen molar-refractivity contribution < 1.29 is 47.8 Å². The van der Waals surface area contributed by atoms with Crippen molar-refractivity contribution in [3.63, 3.8) is 0 Å². The molecule has 11 heteroatoms. The molecule has 0 spiro atoms. The molecule has 3 N–H and O–H groups in total. The van der Waals surface area contributed by atoms with Crippen molar-refractivity contribution in [1.82, 2.24) is 0 Å². The lowest BCUT2D eigenvalue weighted by Crippen LogP contribution is -2.29. The van der Waals surface area contributed by atoms with Gasteiger partial charge in [0.2, 0.25) is 0 Å². The van der Waals surface area contributed by atoms with Gasteiger partial charge in [0, 0.05) is 12.8 Å². The third-order valence-corrected chi connectivity index (χ3v) is 10.7. The highest BCUT2D eigenvalue weighted by Gasteiger charge is 2.27. The molecule has 0 bridgehead atoms. The topological polar surface area (TPSA) is 149 Å². The second kappa shape index (κ2) is 42.3. The van der Waals surface area contributed by atoms with Gasteiger partial charge in [-0.2, -0.15) is 0 Å². The number of hydrogen-bond acceptors (Lipinski definition) is 9. The van der Waals surface area contributed by atoms with Crippen molar-refractivity contribution in [3.8, 4) is 0 Å². The minimum Gasteiger partial charge on any atom is -0.462 e. The van der Waals surface area contributed by atoms with Crippen LogP contribution in [-0.2, 0) is 32.7 Å². The van der Waals surface area contributed by atoms with Gasteiger partial charge in [0.15, 0.2) is 6.10 Å². The van der Waals surface area contributed by atoms with Gasteiger partial charge in [0.05, 0.1) is 19.8 Å². The van der Waals surface area contributed by atoms with E-state index in [2.05, 4.69) is 50.3 Å². The van der Waals surface area contributed by atoms with Crippen molar-refractivity contribution in [3.05, 3.63) is 36.5 Å². The Bertz CT molecular complexity index is 1050. The summed E-state index contributed by atoms with van der Waals surface area (Å²) in [5.41, 5.74) is 0. The molecule has 0 aliphatic rings. The van der Waals surface area contributed by atoms with E-state index in [1.165, 1.54) is 103 Å². The lowest BCUT2D eigenvalue weighted by molar-refractivity contribution is -0.161. The maximum absolute atomic E-state index is 12.6. The Labute approximate surface area is 348 Å². The second-order valence-electron chi connectivity index (χ2n) is 15.4. The number of esters is 2. The summed E-state index contributed by atoms with van der Waals surface area (Å²) >= 11 is 0. The van der Waals surface area contributed by atoms with Gasteiger partial charge in [0.1, 0.15) is 12.7 Å². The zero-order valence-corrected chi connectivity index (χ0v) is 37.2. The molecule has 0 amide bonds. The number of allylic oxidation sites excluding steroid dienone is 6. The number of phosphoric ester groups is 1. The number of carbonyl (C=O) groups excluding carboxylic acids is 2. The first-order valence-electron chi connectivity index (χ1n) is 22.9. The van der Waals surface area contributed by atoms with Crippen molar-refractivity contribution in [1.29, 1.82) is 0 Å². The van der Waals surface area contributed by atoms with Crippen LogP contribution in [0.2, 0.25) is 0 Å². The number of aliphatic hydroxyl groups excluding tert-OH is 2. The molecule has 3 atom stereocenters. The van der Waals surface area contributed by atoms with Crippen LogP contribution < -0.4 is 0 Å². The van der Waals surface area contributed by atoms with Crippen molar-refractivity contribution in [2.75, 3.05) is 26.4 Å². The largest absolute Gasteiger partial charge is 0.472 e. The van der Waals surface area contributed by atoms with E-state index in [1.807, 2.05) is 0 Å². The van der Waals surface area contributed by atoms with Crippen molar-refractivity contribution >= 4 is 19.8 Å². The van der Waals surface area contributed by atoms with Crippen LogP contribution in [0.5, 0.6) is 0 Å². The van der Waals surface area contributed by atoms with Crippen LogP contribution >= 0.6 is 7.82 Å². The summed E-state index contributed by atoms with van der Waals surface area (Å²) in [6.07, 6.45) is 43.9. The molecule has 0 aliphatic carbocycles. The molecular formula is C46H85O10P. The summed E-state index contributed by atoms with van der Waals surface area (Å²) < 4.78 is 32.7. The fraction of sp³-hybridized carbons (Fsp3) is 0.826. The van der Waals surface area contributed by atoms with Crippen molar-refractivity contribution in [2.24, 2.45) is 0 Å². The molecule has 10 nitrogen and oxygen atoms in total. The van der Waals surface area contributed by atoms with Crippen LogP contribution in [-0.4, -0.2) is 65.7 Å². The highest BCUT2D eigenvalue weighted by atomic mass is 31.2. The highest BCUT2D eigenvalue weighted by molar-refractivity contribution is 7.47. The molecule has 0 aromatic rings. The summed E-state index contributed by atoms with van der Waals surface area (Å²) in [5.74, 6) is -0.942. The Morgan fingerprint density at radius 1 is 0.526 bits per heavy atom. The Hall–Kier alpha value is -1.81. The number of rotatable bonds is 43. The van der Waals surface area contributed by atoms with Gasteiger partial charge in [-0.05, 0) is 70.6 Å². The van der Waals surface area contributed by atoms with Crippen molar-refractivity contribution in [2.45, 2.75) is 219 Å². The van der Waals surface area contributed by atoms with E-state index in [-0.39, 0.29) is 19.4 Å². The zero-order chi connectivity index (χ0) is 41.9. The van der Waals surface area contributed by atoms with Gasteiger partial charge >= 0.3 is 19.8 Å². The number of phosphoric acid groups is 1. The van der Waals surface area contributed by atoms with E-state index in [1.54, 1.807) is 0 Å². The molecule has 0 fully saturated rings. The standard InChI is InChI=1S/C46H85O10P/c1-3-5-7-9-11-13-15-17-19-21-22-24-25-27-29-31-33-35-37-45(49)53-41-44(42-55-57(51,52)54-40-43(48)39-47)56-46(50)38-36-34-32-30-28-26-23-20-18-16-14-12-10-8-6-4-2/h14,16,19-21,23,43-44,47-48H,3-13,15,17-18,22,24-42H2,1-2H3,(H,51,52)/b16-14-,21-19-,23-20-. The average Bonchev–Trinajstić information content (AvgIpc) is 3.20. The quantitative estimate of drug-likeness (QED) is 0.0235. The van der Waals surface area contributed by atoms with Gasteiger partial charge in [0.25, 0.3) is 0 Å². The molecule has 3 unspecified atom stereocenters. The molecule has 0 heterocycles. The fourth-order valence-corrected chi connectivity index (χ4v) is 6.98. The second-order valence-corrected chi connectivity index (χ2v) is 16.9. The first-order chi connectivity index (χ1) is 27.7. The maximum Gasteiger partial charge on any atom is 0.472 e. The molecule has 0 aromatic carbocycles. The van der Waals surface area contributed by atoms with Gasteiger partial charge in [-0.15, -0.1) is 0 Å². The highest BCUT2D eigenvalue weighted by Crippen LogP contribution is 2.43. The van der Waals surface area contributed by atoms with Crippen LogP contribution in [0.4, 0.5) is 0 Å². The molecule has 0 saturated carbocycles. The molecule has 0 saturated heterocycles. The molecular weight excluding hydrogens is 743 g/mol. The number of carbonyl (C=O) groups is 2. The first-order valence-corrected chi connectivity index (χ1v) is 24.4. The number of aliphatic hydroxyl groups is 2. The van der Waals surface area contributed by atoms with Gasteiger partial charge in [-0.1, -0.05) is 159 Å². The number of unbranched alkanes of at least 4 members (excludes halogenated alkanes) is 23. The summed E-state index contributed by atoms with van der Waals surface area (Å²) in [5, 5.41) is 18.3. The Morgan fingerprint density at radius 3 is 1.39 bits per heavy atom. The molecule has 334 valence electrons. The van der Waals surface area contributed by atoms with E-state index in [4.69, 9.17) is 23.6 Å². The minimum atomic E-state index is -4.62. The van der Waals surface area contributed by atoms with E-state index in [9.17, 15) is 24.2 Å². The summed E-state index contributed by atoms with van der Waals surface area (Å²) in [6, 6.07) is 0. The van der Waals surface area contributed by atoms with Gasteiger partial charge < -0.3 is 24.6 Å². The Morgan fingerprint density at radius 2 is 0.912 bits per heavy atom. The molecule has 57 heavy (non-hydrogen) atoms. The Kier molecular flexibility index (Phi) is 41.0. The van der Waals surface area contributed by atoms with E-state index >= 15 is 0 Å². The molecule has 0 rings (SSSR count). The molecule has 0 radical (unpaired) electrons. The third kappa shape index (κ3) is 42.1. The van der Waals surface area contributed by atoms with Crippen LogP contribution in [0.3, 0.4) is 0 Å². The predicted molar refractivity (Wildman–Crippen MR) is 233 cm³/mol. The first kappa shape index (κ1) is 55.2. The smallest absolute Gasteiger partial charge is 0.462 e. The lowest BCUT2D eigenvalue weighted by atomic mass is 10.1. The van der Waals surface area contributed by atoms with Crippen LogP contribution in [0.1, 0.15) is 206 Å². The maximum atomic E-state index is 12.6. The van der Waals surface area contributed by atoms with E-state index in [0.717, 1.165) is 64.2 Å². The average molecular weight is 829 g/mol. The number of ether oxygens (including phenoxy) is 2. The third-order valence-electron chi connectivity index (χ3n) is 9.77. The van der Waals surface area contributed by atoms with E-state index in [0.29, 0.717) is 12.8 Å². The fourth-order valence-electron chi connectivity index (χ4n) is 6.19. The van der Waals surface area contributed by atoms with Crippen LogP contribution in [0, 0.1) is 0 Å². The summed E-state index contributed by atoms with van der Waals surface area (Å²) in [7, 11) is -4.62. The van der Waals surface area contributed by atoms with Crippen LogP contribution in [0.25, 0.3) is 0 Å². The lowest BCUT2D eigenvalue weighted by Gasteiger charge is -2.20.